The van der Waals surface area contributed by atoms with E-state index < -0.39 is 18.2 Å². The SMILES string of the molecule is COC(=O)[C@@H](O)[C@H](O)c1ccc(Cl)cc1. The van der Waals surface area contributed by atoms with Crippen LogP contribution >= 0.6 is 11.6 Å². The van der Waals surface area contributed by atoms with Crippen LogP contribution in [-0.4, -0.2) is 29.4 Å². The molecule has 4 nitrogen and oxygen atoms in total. The van der Waals surface area contributed by atoms with E-state index in [1.807, 2.05) is 0 Å². The molecule has 1 aromatic carbocycles. The van der Waals surface area contributed by atoms with Crippen molar-refractivity contribution in [3.05, 3.63) is 34.9 Å². The smallest absolute Gasteiger partial charge is 0.337 e. The lowest BCUT2D eigenvalue weighted by Gasteiger charge is -2.15. The zero-order valence-corrected chi connectivity index (χ0v) is 8.81. The summed E-state index contributed by atoms with van der Waals surface area (Å²) in [6.45, 7) is 0. The Hall–Kier alpha value is -1.10. The van der Waals surface area contributed by atoms with Crippen molar-refractivity contribution in [3.63, 3.8) is 0 Å². The fraction of sp³-hybridized carbons (Fsp3) is 0.300. The third kappa shape index (κ3) is 2.92. The number of aliphatic hydroxyl groups excluding tert-OH is 2. The molecule has 5 heteroatoms. The van der Waals surface area contributed by atoms with E-state index in [1.165, 1.54) is 12.1 Å². The Kier molecular flexibility index (Phi) is 4.08. The van der Waals surface area contributed by atoms with Gasteiger partial charge in [0.2, 0.25) is 0 Å². The number of carbonyl (C=O) groups is 1. The van der Waals surface area contributed by atoms with Crippen LogP contribution in [0.15, 0.2) is 24.3 Å². The van der Waals surface area contributed by atoms with E-state index in [0.29, 0.717) is 10.6 Å². The van der Waals surface area contributed by atoms with Gasteiger partial charge in [-0.1, -0.05) is 23.7 Å². The van der Waals surface area contributed by atoms with Gasteiger partial charge in [-0.25, -0.2) is 4.79 Å². The van der Waals surface area contributed by atoms with Crippen LogP contribution in [0.4, 0.5) is 0 Å². The van der Waals surface area contributed by atoms with Crippen LogP contribution in [0.5, 0.6) is 0 Å². The third-order valence-corrected chi connectivity index (χ3v) is 2.21. The summed E-state index contributed by atoms with van der Waals surface area (Å²) in [5.41, 5.74) is 0.400. The lowest BCUT2D eigenvalue weighted by molar-refractivity contribution is -0.156. The zero-order chi connectivity index (χ0) is 11.4. The summed E-state index contributed by atoms with van der Waals surface area (Å²) >= 11 is 5.65. The summed E-state index contributed by atoms with van der Waals surface area (Å²) in [7, 11) is 1.14. The maximum atomic E-state index is 10.9. The lowest BCUT2D eigenvalue weighted by Crippen LogP contribution is -2.28. The van der Waals surface area contributed by atoms with Gasteiger partial charge in [-0.05, 0) is 17.7 Å². The molecule has 0 fully saturated rings. The number of ether oxygens (including phenoxy) is 1. The first kappa shape index (κ1) is 12.0. The van der Waals surface area contributed by atoms with Gasteiger partial charge in [0, 0.05) is 5.02 Å². The fourth-order valence-electron chi connectivity index (χ4n) is 1.09. The van der Waals surface area contributed by atoms with Gasteiger partial charge in [0.05, 0.1) is 7.11 Å². The van der Waals surface area contributed by atoms with Crippen molar-refractivity contribution in [3.8, 4) is 0 Å². The van der Waals surface area contributed by atoms with Gasteiger partial charge in [-0.3, -0.25) is 0 Å². The average molecular weight is 231 g/mol. The Labute approximate surface area is 92.1 Å². The number of benzene rings is 1. The minimum absolute atomic E-state index is 0.400. The Balaban J connectivity index is 2.80. The number of hydrogen-bond donors (Lipinski definition) is 2. The number of methoxy groups -OCH3 is 1. The van der Waals surface area contributed by atoms with Crippen molar-refractivity contribution in [2.24, 2.45) is 0 Å². The average Bonchev–Trinajstić information content (AvgIpc) is 2.27. The molecule has 1 rings (SSSR count). The number of esters is 1. The van der Waals surface area contributed by atoms with Gasteiger partial charge < -0.3 is 14.9 Å². The largest absolute Gasteiger partial charge is 0.467 e. The molecule has 0 aliphatic rings. The first-order valence-electron chi connectivity index (χ1n) is 4.25. The molecule has 2 atom stereocenters. The molecule has 0 radical (unpaired) electrons. The molecule has 0 bridgehead atoms. The summed E-state index contributed by atoms with van der Waals surface area (Å²) in [5, 5.41) is 19.5. The molecule has 2 N–H and O–H groups in total. The third-order valence-electron chi connectivity index (χ3n) is 1.95. The second-order valence-corrected chi connectivity index (χ2v) is 3.40. The van der Waals surface area contributed by atoms with E-state index in [4.69, 9.17) is 11.6 Å². The minimum atomic E-state index is -1.59. The number of rotatable bonds is 3. The maximum absolute atomic E-state index is 10.9. The Morgan fingerprint density at radius 1 is 1.33 bits per heavy atom. The van der Waals surface area contributed by atoms with Crippen molar-refractivity contribution >= 4 is 17.6 Å². The van der Waals surface area contributed by atoms with Crippen molar-refractivity contribution in [2.45, 2.75) is 12.2 Å². The van der Waals surface area contributed by atoms with E-state index in [1.54, 1.807) is 12.1 Å². The van der Waals surface area contributed by atoms with Crippen molar-refractivity contribution in [1.29, 1.82) is 0 Å². The second-order valence-electron chi connectivity index (χ2n) is 2.96. The maximum Gasteiger partial charge on any atom is 0.337 e. The molecule has 15 heavy (non-hydrogen) atoms. The Morgan fingerprint density at radius 3 is 2.33 bits per heavy atom. The highest BCUT2D eigenvalue weighted by molar-refractivity contribution is 6.30. The molecule has 0 aromatic heterocycles. The van der Waals surface area contributed by atoms with Gasteiger partial charge in [0.15, 0.2) is 6.10 Å². The molecule has 1 aromatic rings. The van der Waals surface area contributed by atoms with E-state index >= 15 is 0 Å². The number of halogens is 1. The van der Waals surface area contributed by atoms with Gasteiger partial charge in [-0.2, -0.15) is 0 Å². The van der Waals surface area contributed by atoms with Crippen LogP contribution in [0.25, 0.3) is 0 Å². The van der Waals surface area contributed by atoms with E-state index in [2.05, 4.69) is 4.74 Å². The molecule has 0 heterocycles. The normalized spacial score (nSPS) is 14.4. The highest BCUT2D eigenvalue weighted by Crippen LogP contribution is 2.19. The predicted molar refractivity (Wildman–Crippen MR) is 54.4 cm³/mol. The van der Waals surface area contributed by atoms with Crippen LogP contribution in [-0.2, 0) is 9.53 Å². The first-order chi connectivity index (χ1) is 7.06. The van der Waals surface area contributed by atoms with E-state index in [9.17, 15) is 15.0 Å². The molecule has 0 aliphatic heterocycles. The zero-order valence-electron chi connectivity index (χ0n) is 8.05. The number of aliphatic hydroxyl groups is 2. The monoisotopic (exact) mass is 230 g/mol. The van der Waals surface area contributed by atoms with Crippen molar-refractivity contribution in [2.75, 3.05) is 7.11 Å². The molecular formula is C10H11ClO4. The summed E-state index contributed by atoms with van der Waals surface area (Å²) in [4.78, 5) is 10.9. The molecule has 0 unspecified atom stereocenters. The molecule has 0 saturated carbocycles. The second kappa shape index (κ2) is 5.11. The fourth-order valence-corrected chi connectivity index (χ4v) is 1.22. The molecule has 0 spiro atoms. The topological polar surface area (TPSA) is 66.8 Å². The van der Waals surface area contributed by atoms with Crippen LogP contribution in [0, 0.1) is 0 Å². The van der Waals surface area contributed by atoms with Crippen LogP contribution in [0.3, 0.4) is 0 Å². The molecule has 0 saturated heterocycles. The van der Waals surface area contributed by atoms with Crippen LogP contribution in [0.1, 0.15) is 11.7 Å². The Bertz CT molecular complexity index is 336. The molecule has 82 valence electrons. The van der Waals surface area contributed by atoms with Gasteiger partial charge >= 0.3 is 5.97 Å². The number of carbonyl (C=O) groups excluding carboxylic acids is 1. The lowest BCUT2D eigenvalue weighted by atomic mass is 10.0. The van der Waals surface area contributed by atoms with Crippen molar-refractivity contribution < 1.29 is 19.7 Å². The summed E-state index contributed by atoms with van der Waals surface area (Å²) in [6, 6.07) is 6.17. The first-order valence-corrected chi connectivity index (χ1v) is 4.63. The molecular weight excluding hydrogens is 220 g/mol. The highest BCUT2D eigenvalue weighted by atomic mass is 35.5. The molecule has 0 amide bonds. The summed E-state index contributed by atoms with van der Waals surface area (Å²) in [5.74, 6) is -0.877. The Morgan fingerprint density at radius 2 is 1.87 bits per heavy atom. The van der Waals surface area contributed by atoms with E-state index in [0.717, 1.165) is 7.11 Å². The molecule has 0 aliphatic carbocycles. The number of hydrogen-bond acceptors (Lipinski definition) is 4. The van der Waals surface area contributed by atoms with Crippen LogP contribution in [0.2, 0.25) is 5.02 Å². The van der Waals surface area contributed by atoms with Gasteiger partial charge in [-0.15, -0.1) is 0 Å². The summed E-state index contributed by atoms with van der Waals surface area (Å²) < 4.78 is 4.30. The summed E-state index contributed by atoms with van der Waals surface area (Å²) in [6.07, 6.45) is -2.90. The van der Waals surface area contributed by atoms with Gasteiger partial charge in [0.1, 0.15) is 6.10 Å². The quantitative estimate of drug-likeness (QED) is 0.758. The standard InChI is InChI=1S/C10H11ClO4/c1-15-10(14)9(13)8(12)6-2-4-7(11)5-3-6/h2-5,8-9,12-13H,1H3/t8-,9+/m1/s1. The highest BCUT2D eigenvalue weighted by Gasteiger charge is 2.26. The predicted octanol–water partition coefficient (Wildman–Crippen LogP) is 0.907. The van der Waals surface area contributed by atoms with E-state index in [-0.39, 0.29) is 0 Å². The van der Waals surface area contributed by atoms with Crippen molar-refractivity contribution in [1.82, 2.24) is 0 Å². The van der Waals surface area contributed by atoms with Gasteiger partial charge in [0.25, 0.3) is 0 Å². The van der Waals surface area contributed by atoms with Crippen LogP contribution < -0.4 is 0 Å². The minimum Gasteiger partial charge on any atom is -0.467 e.